The van der Waals surface area contributed by atoms with E-state index in [1.54, 1.807) is 30.3 Å². The minimum absolute atomic E-state index is 0.0272. The Morgan fingerprint density at radius 2 is 1.97 bits per heavy atom. The summed E-state index contributed by atoms with van der Waals surface area (Å²) in [4.78, 5) is 29.3. The van der Waals surface area contributed by atoms with Crippen molar-refractivity contribution in [1.29, 1.82) is 0 Å². The Balaban J connectivity index is 1.82. The molecule has 0 bridgehead atoms. The maximum atomic E-state index is 13.0. The van der Waals surface area contributed by atoms with Gasteiger partial charge in [-0.15, -0.1) is 0 Å². The second-order valence-electron chi connectivity index (χ2n) is 8.35. The highest BCUT2D eigenvalue weighted by Crippen LogP contribution is 2.41. The normalized spacial score (nSPS) is 22.1. The van der Waals surface area contributed by atoms with Crippen molar-refractivity contribution in [2.75, 3.05) is 27.2 Å². The van der Waals surface area contributed by atoms with Gasteiger partial charge in [0.2, 0.25) is 0 Å². The van der Waals surface area contributed by atoms with E-state index >= 15 is 0 Å². The third kappa shape index (κ3) is 3.88. The maximum absolute atomic E-state index is 13.0. The van der Waals surface area contributed by atoms with Gasteiger partial charge in [-0.1, -0.05) is 12.1 Å². The fourth-order valence-corrected chi connectivity index (χ4v) is 4.18. The monoisotopic (exact) mass is 422 g/mol. The number of fused-ring (bicyclic) bond motifs is 1. The Labute approximate surface area is 181 Å². The summed E-state index contributed by atoms with van der Waals surface area (Å²) in [6.07, 6.45) is 0.764. The lowest BCUT2D eigenvalue weighted by atomic mass is 9.94. The fraction of sp³-hybridized carbons (Fsp3) is 0.333. The highest BCUT2D eigenvalue weighted by molar-refractivity contribution is 6.46. The first-order valence-electron chi connectivity index (χ1n) is 10.3. The molecule has 7 nitrogen and oxygen atoms in total. The number of rotatable bonds is 5. The zero-order valence-corrected chi connectivity index (χ0v) is 17.8. The smallest absolute Gasteiger partial charge is 0.295 e. The van der Waals surface area contributed by atoms with Crippen LogP contribution in [0.2, 0.25) is 0 Å². The van der Waals surface area contributed by atoms with Crippen LogP contribution >= 0.6 is 0 Å². The van der Waals surface area contributed by atoms with Gasteiger partial charge in [-0.25, -0.2) is 0 Å². The molecule has 2 heterocycles. The molecule has 0 spiro atoms. The number of phenolic OH excluding ortho intramolecular Hbond substituents is 1. The van der Waals surface area contributed by atoms with Gasteiger partial charge in [0.15, 0.2) is 0 Å². The Bertz CT molecular complexity index is 1080. The minimum atomic E-state index is -0.782. The first-order chi connectivity index (χ1) is 14.8. The van der Waals surface area contributed by atoms with E-state index < -0.39 is 17.7 Å². The van der Waals surface area contributed by atoms with Gasteiger partial charge in [-0.2, -0.15) is 0 Å². The number of benzene rings is 2. The zero-order chi connectivity index (χ0) is 22.3. The van der Waals surface area contributed by atoms with Crippen LogP contribution in [0.15, 0.2) is 48.0 Å². The van der Waals surface area contributed by atoms with Crippen molar-refractivity contribution in [2.24, 2.45) is 0 Å². The van der Waals surface area contributed by atoms with Crippen molar-refractivity contribution < 1.29 is 24.5 Å². The predicted octanol–water partition coefficient (Wildman–Crippen LogP) is 2.70. The van der Waals surface area contributed by atoms with Crippen molar-refractivity contribution in [3.05, 3.63) is 64.7 Å². The van der Waals surface area contributed by atoms with Gasteiger partial charge in [0.1, 0.15) is 23.4 Å². The number of aliphatic hydroxyl groups is 1. The standard InChI is InChI=1S/C24H26N2O5/c1-14-11-17-12-16(7-8-19(17)31-14)22(28)20-21(15-5-4-6-18(27)13-15)26(10-9-25(2)3)24(30)23(20)29/h4-8,12-14,21,27-28H,9-11H2,1-3H3/b22-20+/t14-,21-/m1/s1. The molecule has 0 radical (unpaired) electrons. The summed E-state index contributed by atoms with van der Waals surface area (Å²) >= 11 is 0. The van der Waals surface area contributed by atoms with Crippen molar-refractivity contribution >= 4 is 17.4 Å². The first kappa shape index (κ1) is 20.9. The average Bonchev–Trinajstić information content (AvgIpc) is 3.22. The van der Waals surface area contributed by atoms with E-state index in [0.29, 0.717) is 30.6 Å². The topological polar surface area (TPSA) is 90.3 Å². The Morgan fingerprint density at radius 1 is 1.19 bits per heavy atom. The number of Topliss-reactive ketones (excluding diaryl/α,β-unsaturated/α-hetero) is 1. The lowest BCUT2D eigenvalue weighted by Gasteiger charge is -2.26. The summed E-state index contributed by atoms with van der Waals surface area (Å²) in [5.41, 5.74) is 2.01. The number of hydrogen-bond donors (Lipinski definition) is 2. The van der Waals surface area contributed by atoms with Crippen LogP contribution in [-0.4, -0.2) is 65.0 Å². The summed E-state index contributed by atoms with van der Waals surface area (Å²) in [6.45, 7) is 2.83. The van der Waals surface area contributed by atoms with E-state index in [1.165, 1.54) is 17.0 Å². The van der Waals surface area contributed by atoms with Crippen molar-refractivity contribution in [3.63, 3.8) is 0 Å². The van der Waals surface area contributed by atoms with Crippen LogP contribution in [0.25, 0.3) is 5.76 Å². The largest absolute Gasteiger partial charge is 0.508 e. The van der Waals surface area contributed by atoms with E-state index in [9.17, 15) is 19.8 Å². The van der Waals surface area contributed by atoms with Crippen molar-refractivity contribution in [2.45, 2.75) is 25.5 Å². The molecule has 1 saturated heterocycles. The van der Waals surface area contributed by atoms with Crippen molar-refractivity contribution in [1.82, 2.24) is 9.80 Å². The number of likely N-dealkylation sites (N-methyl/N-ethyl adjacent to an activating group) is 1. The molecule has 2 aromatic rings. The van der Waals surface area contributed by atoms with E-state index in [2.05, 4.69) is 0 Å². The molecule has 2 N–H and O–H groups in total. The molecule has 162 valence electrons. The molecule has 0 aliphatic carbocycles. The van der Waals surface area contributed by atoms with Crippen LogP contribution in [-0.2, 0) is 16.0 Å². The second-order valence-corrected chi connectivity index (χ2v) is 8.35. The molecule has 31 heavy (non-hydrogen) atoms. The third-order valence-electron chi connectivity index (χ3n) is 5.68. The number of nitrogens with zero attached hydrogens (tertiary/aromatic N) is 2. The lowest BCUT2D eigenvalue weighted by Crippen LogP contribution is -2.35. The van der Waals surface area contributed by atoms with Crippen LogP contribution in [0.1, 0.15) is 29.7 Å². The number of likely N-dealkylation sites (tertiary alicyclic amines) is 1. The summed E-state index contributed by atoms with van der Waals surface area (Å²) < 4.78 is 5.72. The Kier molecular flexibility index (Phi) is 5.45. The number of carbonyl (C=O) groups is 2. The van der Waals surface area contributed by atoms with Crippen molar-refractivity contribution in [3.8, 4) is 11.5 Å². The molecule has 4 rings (SSSR count). The third-order valence-corrected chi connectivity index (χ3v) is 5.68. The summed E-state index contributed by atoms with van der Waals surface area (Å²) in [5, 5.41) is 21.2. The van der Waals surface area contributed by atoms with Crippen LogP contribution in [0.4, 0.5) is 0 Å². The average molecular weight is 422 g/mol. The maximum Gasteiger partial charge on any atom is 0.295 e. The van der Waals surface area contributed by atoms with Gasteiger partial charge in [0.25, 0.3) is 11.7 Å². The van der Waals surface area contributed by atoms with Gasteiger partial charge < -0.3 is 24.7 Å². The van der Waals surface area contributed by atoms with Crippen LogP contribution < -0.4 is 4.74 Å². The zero-order valence-electron chi connectivity index (χ0n) is 17.8. The van der Waals surface area contributed by atoms with E-state index in [-0.39, 0.29) is 23.2 Å². The molecule has 7 heteroatoms. The highest BCUT2D eigenvalue weighted by atomic mass is 16.5. The molecule has 2 aromatic carbocycles. The highest BCUT2D eigenvalue weighted by Gasteiger charge is 2.46. The molecule has 2 aliphatic heterocycles. The molecule has 1 amide bonds. The number of ether oxygens (including phenoxy) is 1. The number of amides is 1. The van der Waals surface area contributed by atoms with Gasteiger partial charge in [-0.05, 0) is 62.5 Å². The summed E-state index contributed by atoms with van der Waals surface area (Å²) in [5.74, 6) is -0.814. The van der Waals surface area contributed by atoms with Crippen LogP contribution in [0, 0.1) is 0 Å². The molecule has 0 unspecified atom stereocenters. The molecule has 1 fully saturated rings. The van der Waals surface area contributed by atoms with Crippen LogP contribution in [0.5, 0.6) is 11.5 Å². The number of aromatic hydroxyl groups is 1. The van der Waals surface area contributed by atoms with E-state index in [0.717, 1.165) is 11.3 Å². The molecular formula is C24H26N2O5. The first-order valence-corrected chi connectivity index (χ1v) is 10.3. The molecular weight excluding hydrogens is 396 g/mol. The van der Waals surface area contributed by atoms with Gasteiger partial charge in [0.05, 0.1) is 11.6 Å². The number of carbonyl (C=O) groups excluding carboxylic acids is 2. The lowest BCUT2D eigenvalue weighted by molar-refractivity contribution is -0.140. The van der Waals surface area contributed by atoms with Gasteiger partial charge in [0, 0.05) is 25.1 Å². The molecule has 2 aliphatic rings. The number of ketones is 1. The number of aliphatic hydroxyl groups excluding tert-OH is 1. The summed E-state index contributed by atoms with van der Waals surface area (Å²) in [6, 6.07) is 10.9. The Morgan fingerprint density at radius 3 is 2.68 bits per heavy atom. The fourth-order valence-electron chi connectivity index (χ4n) is 4.18. The Hall–Kier alpha value is -3.32. The van der Waals surface area contributed by atoms with E-state index in [1.807, 2.05) is 25.9 Å². The quantitative estimate of drug-likeness (QED) is 0.438. The molecule has 2 atom stereocenters. The SMILES string of the molecule is C[C@@H]1Cc2cc(/C(O)=C3\C(=O)C(=O)N(CCN(C)C)[C@@H]3c3cccc(O)c3)ccc2O1. The predicted molar refractivity (Wildman–Crippen MR) is 116 cm³/mol. The molecule has 0 saturated carbocycles. The summed E-state index contributed by atoms with van der Waals surface area (Å²) in [7, 11) is 3.76. The van der Waals surface area contributed by atoms with Gasteiger partial charge >= 0.3 is 0 Å². The number of phenols is 1. The molecule has 0 aromatic heterocycles. The van der Waals surface area contributed by atoms with Crippen LogP contribution in [0.3, 0.4) is 0 Å². The number of hydrogen-bond acceptors (Lipinski definition) is 6. The van der Waals surface area contributed by atoms with E-state index in [4.69, 9.17) is 4.74 Å². The minimum Gasteiger partial charge on any atom is -0.508 e. The van der Waals surface area contributed by atoms with Gasteiger partial charge in [-0.3, -0.25) is 9.59 Å². The second kappa shape index (κ2) is 8.07.